The first-order chi connectivity index (χ1) is 10.0. The maximum atomic E-state index is 11.7. The highest BCUT2D eigenvalue weighted by atomic mass is 16.5. The first-order valence-corrected chi connectivity index (χ1v) is 6.23. The van der Waals surface area contributed by atoms with Crippen molar-refractivity contribution in [2.24, 2.45) is 0 Å². The Bertz CT molecular complexity index is 653. The number of carbonyl (C=O) groups is 2. The Morgan fingerprint density at radius 3 is 2.62 bits per heavy atom. The fourth-order valence-corrected chi connectivity index (χ4v) is 1.61. The van der Waals surface area contributed by atoms with Crippen LogP contribution >= 0.6 is 0 Å². The van der Waals surface area contributed by atoms with E-state index in [9.17, 15) is 9.59 Å². The molecular weight excluding hydrogens is 272 g/mol. The second-order valence-electron chi connectivity index (χ2n) is 4.38. The number of pyridine rings is 1. The normalized spacial score (nSPS) is 9.95. The van der Waals surface area contributed by atoms with Crippen LogP contribution in [0.4, 0.5) is 5.69 Å². The number of hydrogen-bond acceptors (Lipinski definition) is 4. The first-order valence-electron chi connectivity index (χ1n) is 6.23. The number of amides is 1. The topological polar surface area (TPSA) is 88.5 Å². The molecule has 1 aromatic carbocycles. The Morgan fingerprint density at radius 1 is 1.24 bits per heavy atom. The van der Waals surface area contributed by atoms with E-state index in [0.29, 0.717) is 11.4 Å². The molecule has 1 aromatic heterocycles. The summed E-state index contributed by atoms with van der Waals surface area (Å²) in [5.74, 6) is -0.933. The van der Waals surface area contributed by atoms with Crippen LogP contribution in [-0.2, 0) is 4.79 Å². The highest BCUT2D eigenvalue weighted by molar-refractivity contribution is 5.93. The standard InChI is InChI=1S/C15H14N2O4/c1-10-2-4-12(5-3-10)21-9-14(18)17-11-6-7-16-13(8-11)15(19)20/h2-8H,9H2,1H3,(H,19,20)(H,16,17,18). The predicted molar refractivity (Wildman–Crippen MR) is 76.5 cm³/mol. The van der Waals surface area contributed by atoms with Crippen LogP contribution in [-0.4, -0.2) is 28.6 Å². The van der Waals surface area contributed by atoms with Crippen molar-refractivity contribution >= 4 is 17.6 Å². The summed E-state index contributed by atoms with van der Waals surface area (Å²) >= 11 is 0. The van der Waals surface area contributed by atoms with E-state index in [-0.39, 0.29) is 18.2 Å². The van der Waals surface area contributed by atoms with Crippen LogP contribution in [0.3, 0.4) is 0 Å². The van der Waals surface area contributed by atoms with Crippen LogP contribution in [0.1, 0.15) is 16.1 Å². The number of benzene rings is 1. The number of aryl methyl sites for hydroxylation is 1. The molecule has 2 aromatic rings. The number of aromatic carboxylic acids is 1. The Morgan fingerprint density at radius 2 is 1.95 bits per heavy atom. The zero-order valence-corrected chi connectivity index (χ0v) is 11.4. The summed E-state index contributed by atoms with van der Waals surface area (Å²) in [5.41, 5.74) is 1.33. The minimum Gasteiger partial charge on any atom is -0.484 e. The second kappa shape index (κ2) is 6.51. The molecule has 108 valence electrons. The van der Waals surface area contributed by atoms with E-state index in [1.807, 2.05) is 19.1 Å². The van der Waals surface area contributed by atoms with Gasteiger partial charge in [0.25, 0.3) is 5.91 Å². The Balaban J connectivity index is 1.91. The van der Waals surface area contributed by atoms with Gasteiger partial charge in [-0.25, -0.2) is 9.78 Å². The van der Waals surface area contributed by atoms with Crippen molar-refractivity contribution in [2.45, 2.75) is 6.92 Å². The number of carboxylic acid groups (broad SMARTS) is 1. The van der Waals surface area contributed by atoms with Crippen LogP contribution in [0.5, 0.6) is 5.75 Å². The number of hydrogen-bond donors (Lipinski definition) is 2. The van der Waals surface area contributed by atoms with Gasteiger partial charge in [-0.1, -0.05) is 17.7 Å². The number of rotatable bonds is 5. The van der Waals surface area contributed by atoms with Crippen LogP contribution in [0.15, 0.2) is 42.6 Å². The average molecular weight is 286 g/mol. The van der Waals surface area contributed by atoms with Crippen LogP contribution < -0.4 is 10.1 Å². The van der Waals surface area contributed by atoms with E-state index in [0.717, 1.165) is 5.56 Å². The number of nitrogens with zero attached hydrogens (tertiary/aromatic N) is 1. The van der Waals surface area contributed by atoms with Crippen LogP contribution in [0, 0.1) is 6.92 Å². The largest absolute Gasteiger partial charge is 0.484 e. The van der Waals surface area contributed by atoms with Crippen LogP contribution in [0.2, 0.25) is 0 Å². The summed E-state index contributed by atoms with van der Waals surface area (Å²) in [6.45, 7) is 1.80. The van der Waals surface area contributed by atoms with Gasteiger partial charge in [0.05, 0.1) is 0 Å². The highest BCUT2D eigenvalue weighted by Gasteiger charge is 2.08. The number of anilines is 1. The lowest BCUT2D eigenvalue weighted by molar-refractivity contribution is -0.118. The molecule has 0 aliphatic heterocycles. The van der Waals surface area contributed by atoms with E-state index >= 15 is 0 Å². The van der Waals surface area contributed by atoms with Gasteiger partial charge in [-0.15, -0.1) is 0 Å². The van der Waals surface area contributed by atoms with Gasteiger partial charge in [0.15, 0.2) is 6.61 Å². The van der Waals surface area contributed by atoms with Crippen molar-refractivity contribution in [3.8, 4) is 5.75 Å². The molecule has 6 heteroatoms. The molecule has 1 amide bonds. The summed E-state index contributed by atoms with van der Waals surface area (Å²) in [6.07, 6.45) is 1.32. The van der Waals surface area contributed by atoms with E-state index in [4.69, 9.17) is 9.84 Å². The fourth-order valence-electron chi connectivity index (χ4n) is 1.61. The third-order valence-electron chi connectivity index (χ3n) is 2.65. The molecule has 0 radical (unpaired) electrons. The number of carboxylic acids is 1. The zero-order chi connectivity index (χ0) is 15.2. The summed E-state index contributed by atoms with van der Waals surface area (Å²) in [6, 6.07) is 10.1. The smallest absolute Gasteiger partial charge is 0.354 e. The van der Waals surface area contributed by atoms with Gasteiger partial charge in [-0.05, 0) is 31.2 Å². The molecule has 0 bridgehead atoms. The minimum absolute atomic E-state index is 0.132. The average Bonchev–Trinajstić information content (AvgIpc) is 2.47. The molecule has 2 N–H and O–H groups in total. The lowest BCUT2D eigenvalue weighted by Gasteiger charge is -2.08. The van der Waals surface area contributed by atoms with Gasteiger partial charge >= 0.3 is 5.97 Å². The zero-order valence-electron chi connectivity index (χ0n) is 11.4. The third-order valence-corrected chi connectivity index (χ3v) is 2.65. The quantitative estimate of drug-likeness (QED) is 0.878. The van der Waals surface area contributed by atoms with E-state index in [2.05, 4.69) is 10.3 Å². The molecule has 0 atom stereocenters. The van der Waals surface area contributed by atoms with Crippen molar-refractivity contribution in [1.82, 2.24) is 4.98 Å². The molecule has 0 saturated carbocycles. The van der Waals surface area contributed by atoms with Crippen LogP contribution in [0.25, 0.3) is 0 Å². The van der Waals surface area contributed by atoms with Crippen molar-refractivity contribution in [3.63, 3.8) is 0 Å². The van der Waals surface area contributed by atoms with E-state index in [1.54, 1.807) is 12.1 Å². The maximum Gasteiger partial charge on any atom is 0.354 e. The number of carbonyl (C=O) groups excluding carboxylic acids is 1. The monoisotopic (exact) mass is 286 g/mol. The fraction of sp³-hybridized carbons (Fsp3) is 0.133. The minimum atomic E-state index is -1.15. The molecule has 21 heavy (non-hydrogen) atoms. The molecule has 1 heterocycles. The van der Waals surface area contributed by atoms with Crippen molar-refractivity contribution < 1.29 is 19.4 Å². The molecular formula is C15H14N2O4. The number of ether oxygens (including phenoxy) is 1. The second-order valence-corrected chi connectivity index (χ2v) is 4.38. The van der Waals surface area contributed by atoms with Gasteiger partial charge in [0, 0.05) is 11.9 Å². The van der Waals surface area contributed by atoms with Gasteiger partial charge in [0.1, 0.15) is 11.4 Å². The highest BCUT2D eigenvalue weighted by Crippen LogP contribution is 2.12. The Kier molecular flexibility index (Phi) is 4.50. The molecule has 2 rings (SSSR count). The molecule has 0 spiro atoms. The molecule has 0 fully saturated rings. The molecule has 0 saturated heterocycles. The van der Waals surface area contributed by atoms with Gasteiger partial charge in [-0.3, -0.25) is 4.79 Å². The Labute approximate surface area is 121 Å². The lowest BCUT2D eigenvalue weighted by atomic mass is 10.2. The SMILES string of the molecule is Cc1ccc(OCC(=O)Nc2ccnc(C(=O)O)c2)cc1. The summed E-state index contributed by atoms with van der Waals surface area (Å²) in [7, 11) is 0. The molecule has 0 aliphatic rings. The third kappa shape index (κ3) is 4.31. The van der Waals surface area contributed by atoms with Crippen molar-refractivity contribution in [2.75, 3.05) is 11.9 Å². The van der Waals surface area contributed by atoms with Gasteiger partial charge in [0.2, 0.25) is 0 Å². The maximum absolute atomic E-state index is 11.7. The summed E-state index contributed by atoms with van der Waals surface area (Å²) < 4.78 is 5.33. The van der Waals surface area contributed by atoms with Crippen molar-refractivity contribution in [3.05, 3.63) is 53.9 Å². The van der Waals surface area contributed by atoms with Gasteiger partial charge in [-0.2, -0.15) is 0 Å². The van der Waals surface area contributed by atoms with Gasteiger partial charge < -0.3 is 15.2 Å². The number of nitrogens with one attached hydrogen (secondary N) is 1. The molecule has 0 aliphatic carbocycles. The first kappa shape index (κ1) is 14.5. The predicted octanol–water partition coefficient (Wildman–Crippen LogP) is 2.11. The summed E-state index contributed by atoms with van der Waals surface area (Å²) in [5, 5.41) is 11.4. The number of aromatic nitrogens is 1. The summed E-state index contributed by atoms with van der Waals surface area (Å²) in [4.78, 5) is 26.2. The van der Waals surface area contributed by atoms with E-state index in [1.165, 1.54) is 18.3 Å². The molecule has 6 nitrogen and oxygen atoms in total. The lowest BCUT2D eigenvalue weighted by Crippen LogP contribution is -2.20. The van der Waals surface area contributed by atoms with Crippen molar-refractivity contribution in [1.29, 1.82) is 0 Å². The molecule has 0 unspecified atom stereocenters. The van der Waals surface area contributed by atoms with E-state index < -0.39 is 5.97 Å². The Hall–Kier alpha value is -2.89.